The molecule has 2 nitrogen and oxygen atoms in total. The highest BCUT2D eigenvalue weighted by atomic mass is 16.3. The first-order valence-electron chi connectivity index (χ1n) is 4.53. The number of rotatable bonds is 2. The first kappa shape index (κ1) is 9.01. The molecular formula is C9H18O2. The Morgan fingerprint density at radius 1 is 1.09 bits per heavy atom. The monoisotopic (exact) mass is 158 g/mol. The van der Waals surface area contributed by atoms with Gasteiger partial charge in [-0.3, -0.25) is 0 Å². The summed E-state index contributed by atoms with van der Waals surface area (Å²) in [5, 5.41) is 19.3. The summed E-state index contributed by atoms with van der Waals surface area (Å²) in [5.41, 5.74) is -0.194. The highest BCUT2D eigenvalue weighted by Crippen LogP contribution is 2.43. The van der Waals surface area contributed by atoms with Crippen molar-refractivity contribution in [3.8, 4) is 0 Å². The Morgan fingerprint density at radius 2 is 1.45 bits per heavy atom. The van der Waals surface area contributed by atoms with E-state index in [9.17, 15) is 10.2 Å². The van der Waals surface area contributed by atoms with E-state index < -0.39 is 0 Å². The molecule has 0 aromatic carbocycles. The minimum atomic E-state index is -0.285. The molecular weight excluding hydrogens is 140 g/mol. The lowest BCUT2D eigenvalue weighted by molar-refractivity contribution is -0.0294. The fraction of sp³-hybridized carbons (Fsp3) is 1.00. The molecule has 1 fully saturated rings. The van der Waals surface area contributed by atoms with Crippen molar-refractivity contribution in [3.63, 3.8) is 0 Å². The topological polar surface area (TPSA) is 40.5 Å². The summed E-state index contributed by atoms with van der Waals surface area (Å²) in [6, 6.07) is 0. The van der Waals surface area contributed by atoms with Gasteiger partial charge in [0.2, 0.25) is 0 Å². The molecule has 0 aliphatic heterocycles. The molecule has 2 N–H and O–H groups in total. The van der Waals surface area contributed by atoms with E-state index in [0.717, 1.165) is 25.7 Å². The lowest BCUT2D eigenvalue weighted by atomic mass is 9.77. The third-order valence-corrected chi connectivity index (χ3v) is 3.36. The van der Waals surface area contributed by atoms with Crippen molar-refractivity contribution in [2.24, 2.45) is 5.41 Å². The number of aliphatic hydroxyl groups excluding tert-OH is 2. The second kappa shape index (κ2) is 3.11. The van der Waals surface area contributed by atoms with Crippen molar-refractivity contribution in [2.45, 2.75) is 51.7 Å². The molecule has 2 atom stereocenters. The molecule has 0 aromatic heterocycles. The quantitative estimate of drug-likeness (QED) is 0.636. The van der Waals surface area contributed by atoms with Gasteiger partial charge in [0.25, 0.3) is 0 Å². The molecule has 1 aliphatic carbocycles. The lowest BCUT2D eigenvalue weighted by Crippen LogP contribution is -2.37. The van der Waals surface area contributed by atoms with E-state index in [-0.39, 0.29) is 17.6 Å². The van der Waals surface area contributed by atoms with Crippen LogP contribution >= 0.6 is 0 Å². The predicted molar refractivity (Wildman–Crippen MR) is 44.3 cm³/mol. The first-order valence-corrected chi connectivity index (χ1v) is 4.53. The molecule has 1 rings (SSSR count). The maximum atomic E-state index is 9.65. The molecule has 0 aromatic rings. The second-order valence-electron chi connectivity index (χ2n) is 3.55. The molecule has 1 aliphatic rings. The molecule has 0 heterocycles. The minimum Gasteiger partial charge on any atom is -0.392 e. The molecule has 0 radical (unpaired) electrons. The normalized spacial score (nSPS) is 36.0. The predicted octanol–water partition coefficient (Wildman–Crippen LogP) is 1.31. The maximum absolute atomic E-state index is 9.65. The van der Waals surface area contributed by atoms with Gasteiger partial charge >= 0.3 is 0 Å². The van der Waals surface area contributed by atoms with Crippen LogP contribution in [-0.4, -0.2) is 22.4 Å². The minimum absolute atomic E-state index is 0.194. The van der Waals surface area contributed by atoms with Crippen LogP contribution in [0.1, 0.15) is 39.5 Å². The van der Waals surface area contributed by atoms with Crippen LogP contribution in [0.5, 0.6) is 0 Å². The van der Waals surface area contributed by atoms with Crippen molar-refractivity contribution in [2.75, 3.05) is 0 Å². The summed E-state index contributed by atoms with van der Waals surface area (Å²) in [6.45, 7) is 4.09. The smallest absolute Gasteiger partial charge is 0.0621 e. The molecule has 0 spiro atoms. The van der Waals surface area contributed by atoms with E-state index in [4.69, 9.17) is 0 Å². The Morgan fingerprint density at radius 3 is 1.64 bits per heavy atom. The summed E-state index contributed by atoms with van der Waals surface area (Å²) in [5.74, 6) is 0. The number of aliphatic hydroxyl groups is 2. The van der Waals surface area contributed by atoms with Gasteiger partial charge in [-0.25, -0.2) is 0 Å². The van der Waals surface area contributed by atoms with E-state index >= 15 is 0 Å². The highest BCUT2D eigenvalue weighted by Gasteiger charge is 2.45. The average Bonchev–Trinajstić information content (AvgIpc) is 2.29. The molecule has 0 amide bonds. The summed E-state index contributed by atoms with van der Waals surface area (Å²) >= 11 is 0. The van der Waals surface area contributed by atoms with Gasteiger partial charge in [0.1, 0.15) is 0 Å². The highest BCUT2D eigenvalue weighted by molar-refractivity contribution is 4.96. The molecule has 66 valence electrons. The Balaban J connectivity index is 2.76. The zero-order valence-corrected chi connectivity index (χ0v) is 7.38. The average molecular weight is 158 g/mol. The van der Waals surface area contributed by atoms with Crippen LogP contribution in [0.15, 0.2) is 0 Å². The van der Waals surface area contributed by atoms with E-state index in [0.29, 0.717) is 0 Å². The lowest BCUT2D eigenvalue weighted by Gasteiger charge is -2.33. The van der Waals surface area contributed by atoms with Crippen LogP contribution < -0.4 is 0 Å². The Bertz CT molecular complexity index is 118. The van der Waals surface area contributed by atoms with Gasteiger partial charge < -0.3 is 10.2 Å². The Kier molecular flexibility index (Phi) is 2.55. The summed E-state index contributed by atoms with van der Waals surface area (Å²) in [7, 11) is 0. The van der Waals surface area contributed by atoms with Gasteiger partial charge in [-0.2, -0.15) is 0 Å². The van der Waals surface area contributed by atoms with Crippen LogP contribution in [0.3, 0.4) is 0 Å². The van der Waals surface area contributed by atoms with Crippen LogP contribution in [0.25, 0.3) is 0 Å². The van der Waals surface area contributed by atoms with Gasteiger partial charge in [0, 0.05) is 5.41 Å². The number of hydrogen-bond donors (Lipinski definition) is 2. The third kappa shape index (κ3) is 1.18. The van der Waals surface area contributed by atoms with E-state index in [1.54, 1.807) is 0 Å². The van der Waals surface area contributed by atoms with E-state index in [1.807, 2.05) is 13.8 Å². The Labute approximate surface area is 68.2 Å². The van der Waals surface area contributed by atoms with E-state index in [2.05, 4.69) is 0 Å². The molecule has 1 saturated carbocycles. The fourth-order valence-electron chi connectivity index (χ4n) is 2.31. The molecule has 11 heavy (non-hydrogen) atoms. The van der Waals surface area contributed by atoms with Gasteiger partial charge in [-0.05, 0) is 25.7 Å². The third-order valence-electron chi connectivity index (χ3n) is 3.36. The van der Waals surface area contributed by atoms with Crippen LogP contribution in [0.2, 0.25) is 0 Å². The fourth-order valence-corrected chi connectivity index (χ4v) is 2.31. The largest absolute Gasteiger partial charge is 0.392 e. The standard InChI is InChI=1S/C9H18O2/c1-3-9(4-2)7(10)5-6-8(9)11/h7-8,10-11H,3-6H2,1-2H3. The molecule has 0 bridgehead atoms. The van der Waals surface area contributed by atoms with Crippen molar-refractivity contribution in [1.82, 2.24) is 0 Å². The summed E-state index contributed by atoms with van der Waals surface area (Å²) in [4.78, 5) is 0. The molecule has 2 unspecified atom stereocenters. The molecule has 2 heteroatoms. The van der Waals surface area contributed by atoms with Gasteiger partial charge in [-0.1, -0.05) is 13.8 Å². The maximum Gasteiger partial charge on any atom is 0.0621 e. The van der Waals surface area contributed by atoms with Gasteiger partial charge in [0.15, 0.2) is 0 Å². The van der Waals surface area contributed by atoms with Crippen molar-refractivity contribution >= 4 is 0 Å². The van der Waals surface area contributed by atoms with Crippen LogP contribution in [0, 0.1) is 5.41 Å². The molecule has 0 saturated heterocycles. The van der Waals surface area contributed by atoms with Crippen molar-refractivity contribution in [3.05, 3.63) is 0 Å². The second-order valence-corrected chi connectivity index (χ2v) is 3.55. The van der Waals surface area contributed by atoms with E-state index in [1.165, 1.54) is 0 Å². The summed E-state index contributed by atoms with van der Waals surface area (Å²) < 4.78 is 0. The zero-order valence-electron chi connectivity index (χ0n) is 7.38. The zero-order chi connectivity index (χ0) is 8.48. The summed E-state index contributed by atoms with van der Waals surface area (Å²) in [6.07, 6.45) is 2.73. The van der Waals surface area contributed by atoms with Crippen molar-refractivity contribution in [1.29, 1.82) is 0 Å². The van der Waals surface area contributed by atoms with Gasteiger partial charge in [-0.15, -0.1) is 0 Å². The SMILES string of the molecule is CCC1(CC)C(O)CCC1O. The van der Waals surface area contributed by atoms with Crippen molar-refractivity contribution < 1.29 is 10.2 Å². The number of hydrogen-bond acceptors (Lipinski definition) is 2. The van der Waals surface area contributed by atoms with Gasteiger partial charge in [0.05, 0.1) is 12.2 Å². The van der Waals surface area contributed by atoms with Crippen LogP contribution in [0.4, 0.5) is 0 Å². The Hall–Kier alpha value is -0.0800. The first-order chi connectivity index (χ1) is 5.17. The van der Waals surface area contributed by atoms with Crippen LogP contribution in [-0.2, 0) is 0 Å².